The second kappa shape index (κ2) is 6.09. The van der Waals surface area contributed by atoms with Crippen LogP contribution in [-0.4, -0.2) is 46.8 Å². The second-order valence-corrected chi connectivity index (χ2v) is 6.38. The standard InChI is InChI=1S/C15H17BrN2O5/c1-3-22-15(21)9-6-17-7-10-18(8(2)4-5-23-10)14(20)12(17)11(16)13(9)19/h6,8,10H,3-5,7H2,1-2H3. The van der Waals surface area contributed by atoms with E-state index in [9.17, 15) is 14.4 Å². The molecular weight excluding hydrogens is 368 g/mol. The monoisotopic (exact) mass is 384 g/mol. The molecule has 2 unspecified atom stereocenters. The van der Waals surface area contributed by atoms with Gasteiger partial charge in [0, 0.05) is 12.2 Å². The van der Waals surface area contributed by atoms with Crippen molar-refractivity contribution < 1.29 is 19.1 Å². The van der Waals surface area contributed by atoms with Crippen molar-refractivity contribution in [3.8, 4) is 0 Å². The number of hydrogen-bond acceptors (Lipinski definition) is 5. The van der Waals surface area contributed by atoms with Crippen molar-refractivity contribution >= 4 is 27.8 Å². The summed E-state index contributed by atoms with van der Waals surface area (Å²) in [6.07, 6.45) is 1.76. The Kier molecular flexibility index (Phi) is 4.29. The summed E-state index contributed by atoms with van der Waals surface area (Å²) < 4.78 is 12.3. The smallest absolute Gasteiger partial charge is 0.343 e. The molecule has 0 aliphatic carbocycles. The van der Waals surface area contributed by atoms with Gasteiger partial charge < -0.3 is 18.9 Å². The number of fused-ring (bicyclic) bond motifs is 2. The lowest BCUT2D eigenvalue weighted by Gasteiger charge is -2.44. The topological polar surface area (TPSA) is 77.8 Å². The zero-order valence-electron chi connectivity index (χ0n) is 12.9. The van der Waals surface area contributed by atoms with Gasteiger partial charge in [-0.15, -0.1) is 0 Å². The van der Waals surface area contributed by atoms with Gasteiger partial charge in [0.1, 0.15) is 11.3 Å². The fourth-order valence-electron chi connectivity index (χ4n) is 2.99. The van der Waals surface area contributed by atoms with Crippen LogP contribution < -0.4 is 5.43 Å². The Morgan fingerprint density at radius 2 is 2.22 bits per heavy atom. The number of carbonyl (C=O) groups is 2. The molecule has 1 saturated heterocycles. The van der Waals surface area contributed by atoms with Gasteiger partial charge in [-0.1, -0.05) is 0 Å². The second-order valence-electron chi connectivity index (χ2n) is 5.58. The molecule has 2 aliphatic heterocycles. The van der Waals surface area contributed by atoms with Gasteiger partial charge in [0.2, 0.25) is 5.43 Å². The Hall–Kier alpha value is -1.67. The SMILES string of the molecule is CCOC(=O)c1cn2c(c(Br)c1=O)C(=O)N1C(C)CCOC1C2. The number of esters is 1. The van der Waals surface area contributed by atoms with Crippen LogP contribution in [0.5, 0.6) is 0 Å². The molecule has 1 fully saturated rings. The number of pyridine rings is 1. The maximum Gasteiger partial charge on any atom is 0.343 e. The van der Waals surface area contributed by atoms with Gasteiger partial charge in [0.05, 0.1) is 24.2 Å². The average molecular weight is 385 g/mol. The number of nitrogens with zero attached hydrogens (tertiary/aromatic N) is 2. The predicted octanol–water partition coefficient (Wildman–Crippen LogP) is 1.38. The first-order valence-electron chi connectivity index (χ1n) is 7.50. The van der Waals surface area contributed by atoms with Crippen molar-refractivity contribution in [2.75, 3.05) is 13.2 Å². The highest BCUT2D eigenvalue weighted by Crippen LogP contribution is 2.28. The molecule has 1 aromatic rings. The fourth-order valence-corrected chi connectivity index (χ4v) is 3.60. The number of rotatable bonds is 2. The molecule has 0 N–H and O–H groups in total. The summed E-state index contributed by atoms with van der Waals surface area (Å²) in [5.74, 6) is -0.964. The third kappa shape index (κ3) is 2.59. The highest BCUT2D eigenvalue weighted by atomic mass is 79.9. The van der Waals surface area contributed by atoms with Crippen molar-refractivity contribution in [2.24, 2.45) is 0 Å². The van der Waals surface area contributed by atoms with E-state index in [1.54, 1.807) is 16.4 Å². The molecule has 0 saturated carbocycles. The van der Waals surface area contributed by atoms with E-state index in [2.05, 4.69) is 15.9 Å². The van der Waals surface area contributed by atoms with E-state index in [0.29, 0.717) is 13.2 Å². The molecule has 23 heavy (non-hydrogen) atoms. The minimum Gasteiger partial charge on any atom is -0.462 e. The molecule has 2 aliphatic rings. The van der Waals surface area contributed by atoms with Gasteiger partial charge in [0.15, 0.2) is 6.23 Å². The molecule has 7 nitrogen and oxygen atoms in total. The van der Waals surface area contributed by atoms with Gasteiger partial charge in [0.25, 0.3) is 5.91 Å². The number of aromatic nitrogens is 1. The summed E-state index contributed by atoms with van der Waals surface area (Å²) in [4.78, 5) is 38.8. The van der Waals surface area contributed by atoms with Crippen LogP contribution in [0.2, 0.25) is 0 Å². The van der Waals surface area contributed by atoms with Gasteiger partial charge in [-0.3, -0.25) is 9.59 Å². The third-order valence-corrected chi connectivity index (χ3v) is 4.88. The quantitative estimate of drug-likeness (QED) is 0.719. The molecule has 1 aromatic heterocycles. The van der Waals surface area contributed by atoms with Crippen LogP contribution in [0.15, 0.2) is 15.5 Å². The van der Waals surface area contributed by atoms with Crippen molar-refractivity contribution in [3.63, 3.8) is 0 Å². The minimum atomic E-state index is -0.693. The van der Waals surface area contributed by atoms with Crippen molar-refractivity contribution in [1.82, 2.24) is 9.47 Å². The lowest BCUT2D eigenvalue weighted by molar-refractivity contribution is -0.112. The normalized spacial score (nSPS) is 23.3. The lowest BCUT2D eigenvalue weighted by Crippen LogP contribution is -2.57. The average Bonchev–Trinajstić information content (AvgIpc) is 2.50. The number of ether oxygens (including phenoxy) is 2. The van der Waals surface area contributed by atoms with E-state index in [0.717, 1.165) is 6.42 Å². The van der Waals surface area contributed by atoms with Gasteiger partial charge in [-0.05, 0) is 36.2 Å². The van der Waals surface area contributed by atoms with Crippen molar-refractivity contribution in [1.29, 1.82) is 0 Å². The first kappa shape index (κ1) is 16.2. The Morgan fingerprint density at radius 3 is 2.91 bits per heavy atom. The van der Waals surface area contributed by atoms with Crippen molar-refractivity contribution in [3.05, 3.63) is 32.2 Å². The summed E-state index contributed by atoms with van der Waals surface area (Å²) in [7, 11) is 0. The zero-order chi connectivity index (χ0) is 16.7. The highest BCUT2D eigenvalue weighted by molar-refractivity contribution is 9.10. The number of halogens is 1. The molecule has 0 aromatic carbocycles. The molecule has 2 atom stereocenters. The highest BCUT2D eigenvalue weighted by Gasteiger charge is 2.40. The Labute approximate surface area is 141 Å². The van der Waals surface area contributed by atoms with Crippen LogP contribution in [0.25, 0.3) is 0 Å². The van der Waals surface area contributed by atoms with Crippen LogP contribution in [0.3, 0.4) is 0 Å². The molecule has 1 amide bonds. The van der Waals surface area contributed by atoms with Crippen LogP contribution >= 0.6 is 15.9 Å². The first-order chi connectivity index (χ1) is 11.0. The maximum absolute atomic E-state index is 12.8. The fraction of sp³-hybridized carbons (Fsp3) is 0.533. The van der Waals surface area contributed by atoms with Gasteiger partial charge >= 0.3 is 5.97 Å². The summed E-state index contributed by atoms with van der Waals surface area (Å²) in [5, 5.41) is 0. The molecule has 0 radical (unpaired) electrons. The molecule has 3 rings (SSSR count). The van der Waals surface area contributed by atoms with Crippen LogP contribution in [0, 0.1) is 0 Å². The molecule has 124 valence electrons. The van der Waals surface area contributed by atoms with E-state index in [1.807, 2.05) is 6.92 Å². The molecule has 0 bridgehead atoms. The summed E-state index contributed by atoms with van der Waals surface area (Å²) >= 11 is 3.18. The molecule has 0 spiro atoms. The molecule has 8 heteroatoms. The molecule has 3 heterocycles. The number of carbonyl (C=O) groups excluding carboxylic acids is 2. The number of amides is 1. The van der Waals surface area contributed by atoms with Crippen LogP contribution in [0.1, 0.15) is 41.1 Å². The Balaban J connectivity index is 2.11. The lowest BCUT2D eigenvalue weighted by atomic mass is 10.1. The molecular formula is C15H17BrN2O5. The van der Waals surface area contributed by atoms with Gasteiger partial charge in [-0.2, -0.15) is 0 Å². The Bertz CT molecular complexity index is 729. The van der Waals surface area contributed by atoms with E-state index in [1.165, 1.54) is 6.20 Å². The zero-order valence-corrected chi connectivity index (χ0v) is 14.5. The predicted molar refractivity (Wildman–Crippen MR) is 84.3 cm³/mol. The first-order valence-corrected chi connectivity index (χ1v) is 8.29. The maximum atomic E-state index is 12.8. The van der Waals surface area contributed by atoms with E-state index < -0.39 is 11.4 Å². The summed E-state index contributed by atoms with van der Waals surface area (Å²) in [6.45, 7) is 4.76. The van der Waals surface area contributed by atoms with E-state index >= 15 is 0 Å². The van der Waals surface area contributed by atoms with Crippen LogP contribution in [0.4, 0.5) is 0 Å². The van der Waals surface area contributed by atoms with E-state index in [4.69, 9.17) is 9.47 Å². The number of hydrogen-bond donors (Lipinski definition) is 0. The van der Waals surface area contributed by atoms with Crippen LogP contribution in [-0.2, 0) is 16.0 Å². The van der Waals surface area contributed by atoms with Gasteiger partial charge in [-0.25, -0.2) is 4.79 Å². The van der Waals surface area contributed by atoms with Crippen molar-refractivity contribution in [2.45, 2.75) is 39.1 Å². The largest absolute Gasteiger partial charge is 0.462 e. The third-order valence-electron chi connectivity index (χ3n) is 4.14. The Morgan fingerprint density at radius 1 is 1.48 bits per heavy atom. The summed E-state index contributed by atoms with van der Waals surface area (Å²) in [5.41, 5.74) is -0.378. The summed E-state index contributed by atoms with van der Waals surface area (Å²) in [6, 6.07) is 0.0433. The minimum absolute atomic E-state index is 0.0433. The van der Waals surface area contributed by atoms with E-state index in [-0.39, 0.29) is 40.5 Å².